The lowest BCUT2D eigenvalue weighted by Gasteiger charge is -2.05. The molecule has 1 amide bonds. The van der Waals surface area contributed by atoms with E-state index < -0.39 is 11.7 Å². The van der Waals surface area contributed by atoms with Crippen molar-refractivity contribution in [3.8, 4) is 6.07 Å². The third-order valence-corrected chi connectivity index (χ3v) is 4.51. The van der Waals surface area contributed by atoms with Crippen molar-refractivity contribution >= 4 is 29.3 Å². The Hall–Kier alpha value is -3.50. The molecule has 0 unspecified atom stereocenters. The Labute approximate surface area is 170 Å². The molecule has 0 bridgehead atoms. The fourth-order valence-corrected chi connectivity index (χ4v) is 2.91. The van der Waals surface area contributed by atoms with E-state index in [9.17, 15) is 18.8 Å². The summed E-state index contributed by atoms with van der Waals surface area (Å²) in [5.41, 5.74) is 1.92. The minimum Gasteiger partial charge on any atom is -0.321 e. The minimum absolute atomic E-state index is 0.180. The van der Waals surface area contributed by atoms with Crippen LogP contribution in [-0.2, 0) is 11.3 Å². The molecular weight excluding hydrogens is 398 g/mol. The number of carbonyl (C=O) groups is 1. The van der Waals surface area contributed by atoms with Crippen LogP contribution >= 0.6 is 11.6 Å². The minimum atomic E-state index is -0.652. The fraction of sp³-hybridized carbons (Fsp3) is 0.0952. The Kier molecular flexibility index (Phi) is 6.05. The lowest BCUT2D eigenvalue weighted by atomic mass is 10.1. The van der Waals surface area contributed by atoms with Crippen LogP contribution in [0.3, 0.4) is 0 Å². The van der Waals surface area contributed by atoms with Gasteiger partial charge in [0.15, 0.2) is 0 Å². The van der Waals surface area contributed by atoms with Crippen molar-refractivity contribution in [2.45, 2.75) is 13.5 Å². The zero-order chi connectivity index (χ0) is 21.0. The van der Waals surface area contributed by atoms with Crippen molar-refractivity contribution in [2.75, 3.05) is 5.32 Å². The van der Waals surface area contributed by atoms with Gasteiger partial charge in [0.2, 0.25) is 0 Å². The number of hydrogen-bond acceptors (Lipinski definition) is 3. The number of nitriles is 1. The first-order valence-electron chi connectivity index (χ1n) is 8.53. The molecule has 3 aromatic rings. The molecule has 146 valence electrons. The van der Waals surface area contributed by atoms with Crippen molar-refractivity contribution in [3.05, 3.63) is 87.7 Å². The molecule has 1 aromatic heterocycles. The van der Waals surface area contributed by atoms with E-state index in [1.807, 2.05) is 6.07 Å². The summed E-state index contributed by atoms with van der Waals surface area (Å²) in [6, 6.07) is 12.9. The molecule has 8 heteroatoms. The Morgan fingerprint density at radius 2 is 1.76 bits per heavy atom. The summed E-state index contributed by atoms with van der Waals surface area (Å²) in [5.74, 6) is -1.43. The van der Waals surface area contributed by atoms with E-state index in [2.05, 4.69) is 10.4 Å². The van der Waals surface area contributed by atoms with Crippen molar-refractivity contribution < 1.29 is 13.6 Å². The molecule has 0 atom stereocenters. The maximum Gasteiger partial charge on any atom is 0.266 e. The van der Waals surface area contributed by atoms with E-state index in [0.29, 0.717) is 23.5 Å². The van der Waals surface area contributed by atoms with Crippen molar-refractivity contribution in [1.82, 2.24) is 9.78 Å². The predicted molar refractivity (Wildman–Crippen MR) is 106 cm³/mol. The normalized spacial score (nSPS) is 11.2. The average Bonchev–Trinajstić information content (AvgIpc) is 2.96. The number of hydrogen-bond donors (Lipinski definition) is 1. The molecule has 0 aliphatic heterocycles. The second kappa shape index (κ2) is 8.67. The van der Waals surface area contributed by atoms with Crippen LogP contribution in [0.1, 0.15) is 16.8 Å². The van der Waals surface area contributed by atoms with Crippen molar-refractivity contribution in [1.29, 1.82) is 5.26 Å². The van der Waals surface area contributed by atoms with Gasteiger partial charge in [-0.2, -0.15) is 10.4 Å². The number of aryl methyl sites for hydroxylation is 1. The Morgan fingerprint density at radius 1 is 1.17 bits per heavy atom. The first-order valence-corrected chi connectivity index (χ1v) is 8.91. The monoisotopic (exact) mass is 412 g/mol. The van der Waals surface area contributed by atoms with E-state index in [1.54, 1.807) is 19.1 Å². The molecule has 0 radical (unpaired) electrons. The zero-order valence-electron chi connectivity index (χ0n) is 15.3. The molecule has 0 saturated carbocycles. The van der Waals surface area contributed by atoms with Crippen LogP contribution in [0.2, 0.25) is 5.15 Å². The van der Waals surface area contributed by atoms with Crippen LogP contribution in [0, 0.1) is 29.9 Å². The number of nitrogens with zero attached hydrogens (tertiary/aromatic N) is 3. The largest absolute Gasteiger partial charge is 0.321 e. The summed E-state index contributed by atoms with van der Waals surface area (Å²) >= 11 is 6.39. The number of carbonyl (C=O) groups excluding carboxylic acids is 1. The van der Waals surface area contributed by atoms with E-state index in [4.69, 9.17) is 11.6 Å². The van der Waals surface area contributed by atoms with Gasteiger partial charge >= 0.3 is 0 Å². The highest BCUT2D eigenvalue weighted by atomic mass is 35.5. The van der Waals surface area contributed by atoms with Crippen LogP contribution < -0.4 is 5.32 Å². The highest BCUT2D eigenvalue weighted by molar-refractivity contribution is 6.31. The summed E-state index contributed by atoms with van der Waals surface area (Å²) in [6.45, 7) is 2.00. The lowest BCUT2D eigenvalue weighted by Crippen LogP contribution is -2.13. The second-order valence-corrected chi connectivity index (χ2v) is 6.56. The van der Waals surface area contributed by atoms with E-state index in [-0.39, 0.29) is 16.5 Å². The molecule has 0 saturated heterocycles. The van der Waals surface area contributed by atoms with Gasteiger partial charge in [-0.15, -0.1) is 0 Å². The van der Waals surface area contributed by atoms with Gasteiger partial charge in [0, 0.05) is 11.3 Å². The Balaban J connectivity index is 1.84. The number of anilines is 1. The maximum atomic E-state index is 13.1. The van der Waals surface area contributed by atoms with E-state index in [0.717, 1.165) is 5.56 Å². The Morgan fingerprint density at radius 3 is 2.34 bits per heavy atom. The van der Waals surface area contributed by atoms with Crippen molar-refractivity contribution in [2.24, 2.45) is 0 Å². The topological polar surface area (TPSA) is 70.7 Å². The smallest absolute Gasteiger partial charge is 0.266 e. The van der Waals surface area contributed by atoms with Gasteiger partial charge in [0.1, 0.15) is 28.4 Å². The first kappa shape index (κ1) is 20.2. The van der Waals surface area contributed by atoms with E-state index >= 15 is 0 Å². The summed E-state index contributed by atoms with van der Waals surface area (Å²) in [7, 11) is 0. The molecule has 0 spiro atoms. The SMILES string of the molecule is Cc1nn(Cc2ccc(F)cc2)c(Cl)c1/C=C(\C#N)C(=O)Nc1ccc(F)cc1. The average molecular weight is 413 g/mol. The Bertz CT molecular complexity index is 1110. The van der Waals surface area contributed by atoms with Crippen molar-refractivity contribution in [3.63, 3.8) is 0 Å². The lowest BCUT2D eigenvalue weighted by molar-refractivity contribution is -0.112. The summed E-state index contributed by atoms with van der Waals surface area (Å²) < 4.78 is 27.6. The van der Waals surface area contributed by atoms with E-state index in [1.165, 1.54) is 47.2 Å². The molecular formula is C21H15ClF2N4O. The third-order valence-electron chi connectivity index (χ3n) is 4.11. The van der Waals surface area contributed by atoms with Crippen LogP contribution in [0.15, 0.2) is 54.1 Å². The summed E-state index contributed by atoms with van der Waals surface area (Å²) in [5, 5.41) is 16.5. The molecule has 1 heterocycles. The molecule has 1 N–H and O–H groups in total. The highest BCUT2D eigenvalue weighted by Crippen LogP contribution is 2.24. The van der Waals surface area contributed by atoms with Gasteiger partial charge in [0.25, 0.3) is 5.91 Å². The summed E-state index contributed by atoms with van der Waals surface area (Å²) in [4.78, 5) is 12.4. The third kappa shape index (κ3) is 4.86. The van der Waals surface area contributed by atoms with Gasteiger partial charge < -0.3 is 5.32 Å². The molecule has 0 aliphatic carbocycles. The summed E-state index contributed by atoms with van der Waals surface area (Å²) in [6.07, 6.45) is 1.35. The van der Waals surface area contributed by atoms with Gasteiger partial charge in [-0.1, -0.05) is 23.7 Å². The fourth-order valence-electron chi connectivity index (χ4n) is 2.62. The predicted octanol–water partition coefficient (Wildman–Crippen LogP) is 4.72. The number of nitrogens with one attached hydrogen (secondary N) is 1. The van der Waals surface area contributed by atoms with Gasteiger partial charge in [-0.3, -0.25) is 4.79 Å². The second-order valence-electron chi connectivity index (χ2n) is 6.20. The molecule has 3 rings (SSSR count). The highest BCUT2D eigenvalue weighted by Gasteiger charge is 2.16. The van der Waals surface area contributed by atoms with Crippen LogP contribution in [0.5, 0.6) is 0 Å². The number of halogens is 3. The number of amides is 1. The van der Waals surface area contributed by atoms with Crippen LogP contribution in [0.25, 0.3) is 6.08 Å². The van der Waals surface area contributed by atoms with Gasteiger partial charge in [-0.05, 0) is 55.0 Å². The van der Waals surface area contributed by atoms with Crippen LogP contribution in [-0.4, -0.2) is 15.7 Å². The van der Waals surface area contributed by atoms with Crippen LogP contribution in [0.4, 0.5) is 14.5 Å². The zero-order valence-corrected chi connectivity index (χ0v) is 16.0. The maximum absolute atomic E-state index is 13.1. The number of aromatic nitrogens is 2. The molecule has 0 fully saturated rings. The quantitative estimate of drug-likeness (QED) is 0.487. The molecule has 2 aromatic carbocycles. The molecule has 29 heavy (non-hydrogen) atoms. The van der Waals surface area contributed by atoms with Gasteiger partial charge in [-0.25, -0.2) is 13.5 Å². The number of rotatable bonds is 5. The molecule has 5 nitrogen and oxygen atoms in total. The molecule has 0 aliphatic rings. The van der Waals surface area contributed by atoms with Gasteiger partial charge in [0.05, 0.1) is 12.2 Å². The number of benzene rings is 2. The standard InChI is InChI=1S/C21H15ClF2N4O/c1-13-19(20(22)28(27-13)12-14-2-4-16(23)5-3-14)10-15(11-25)21(29)26-18-8-6-17(24)7-9-18/h2-10H,12H2,1H3,(H,26,29)/b15-10+. The first-order chi connectivity index (χ1) is 13.9.